The number of nitrogens with zero attached hydrogens (tertiary/aromatic N) is 1. The number of rotatable bonds is 2. The van der Waals surface area contributed by atoms with Gasteiger partial charge in [0.1, 0.15) is 5.69 Å². The summed E-state index contributed by atoms with van der Waals surface area (Å²) in [5.74, 6) is 5.22. The predicted molar refractivity (Wildman–Crippen MR) is 79.9 cm³/mol. The lowest BCUT2D eigenvalue weighted by molar-refractivity contribution is 0.102. The van der Waals surface area contributed by atoms with Gasteiger partial charge in [0.2, 0.25) is 0 Å². The van der Waals surface area contributed by atoms with Crippen molar-refractivity contribution >= 4 is 11.6 Å². The standard InChI is InChI=1S/C15H14N4O2/c1-10-4-5-11(3-2-6-16)12(7-10)19-15(21)13-8-18-14(20)9-17-13/h4-5,7-9H,6,16H2,1H3,(H,18,20)(H,19,21). The third kappa shape index (κ3) is 3.78. The molecule has 1 aromatic heterocycles. The molecule has 0 bridgehead atoms. The Morgan fingerprint density at radius 2 is 2.29 bits per heavy atom. The Balaban J connectivity index is 2.29. The summed E-state index contributed by atoms with van der Waals surface area (Å²) in [5.41, 5.74) is 7.35. The van der Waals surface area contributed by atoms with Gasteiger partial charge in [0.15, 0.2) is 0 Å². The van der Waals surface area contributed by atoms with Crippen molar-refractivity contribution < 1.29 is 4.79 Å². The predicted octanol–water partition coefficient (Wildman–Crippen LogP) is 0.641. The summed E-state index contributed by atoms with van der Waals surface area (Å²) in [6.45, 7) is 2.15. The van der Waals surface area contributed by atoms with E-state index in [0.29, 0.717) is 11.3 Å². The fraction of sp³-hybridized carbons (Fsp3) is 0.133. The Bertz CT molecular complexity index is 764. The van der Waals surface area contributed by atoms with E-state index in [0.717, 1.165) is 11.8 Å². The molecule has 0 saturated heterocycles. The van der Waals surface area contributed by atoms with Crippen LogP contribution >= 0.6 is 0 Å². The molecule has 2 aromatic rings. The van der Waals surface area contributed by atoms with Gasteiger partial charge in [-0.3, -0.25) is 9.59 Å². The molecule has 0 atom stereocenters. The van der Waals surface area contributed by atoms with Crippen LogP contribution in [0.15, 0.2) is 35.4 Å². The quantitative estimate of drug-likeness (QED) is 0.704. The van der Waals surface area contributed by atoms with E-state index >= 15 is 0 Å². The first-order valence-corrected chi connectivity index (χ1v) is 6.26. The second kappa shape index (κ2) is 6.50. The molecule has 0 saturated carbocycles. The molecule has 0 radical (unpaired) electrons. The summed E-state index contributed by atoms with van der Waals surface area (Å²) >= 11 is 0. The number of nitrogens with one attached hydrogen (secondary N) is 2. The molecule has 1 aromatic carbocycles. The summed E-state index contributed by atoms with van der Waals surface area (Å²) in [6.07, 6.45) is 2.32. The van der Waals surface area contributed by atoms with Crippen molar-refractivity contribution in [2.75, 3.05) is 11.9 Å². The first-order valence-electron chi connectivity index (χ1n) is 6.26. The topological polar surface area (TPSA) is 101 Å². The molecule has 6 nitrogen and oxygen atoms in total. The molecule has 1 heterocycles. The molecule has 0 aliphatic carbocycles. The normalized spacial score (nSPS) is 9.62. The van der Waals surface area contributed by atoms with Crippen LogP contribution in [-0.4, -0.2) is 22.4 Å². The van der Waals surface area contributed by atoms with Gasteiger partial charge in [-0.1, -0.05) is 17.9 Å². The number of nitrogens with two attached hydrogens (primary N) is 1. The highest BCUT2D eigenvalue weighted by atomic mass is 16.2. The molecule has 1 amide bonds. The molecule has 0 spiro atoms. The number of aromatic nitrogens is 2. The lowest BCUT2D eigenvalue weighted by Crippen LogP contribution is -2.17. The second-order valence-electron chi connectivity index (χ2n) is 4.31. The van der Waals surface area contributed by atoms with Crippen LogP contribution in [0.5, 0.6) is 0 Å². The van der Waals surface area contributed by atoms with Crippen LogP contribution in [0.2, 0.25) is 0 Å². The zero-order chi connectivity index (χ0) is 15.2. The number of aromatic amines is 1. The highest BCUT2D eigenvalue weighted by Gasteiger charge is 2.10. The summed E-state index contributed by atoms with van der Waals surface area (Å²) in [4.78, 5) is 29.2. The van der Waals surface area contributed by atoms with Crippen molar-refractivity contribution in [3.05, 3.63) is 57.8 Å². The number of aryl methyl sites for hydroxylation is 1. The minimum atomic E-state index is -0.423. The van der Waals surface area contributed by atoms with Crippen molar-refractivity contribution in [3.63, 3.8) is 0 Å². The Morgan fingerprint density at radius 3 is 2.95 bits per heavy atom. The monoisotopic (exact) mass is 282 g/mol. The summed E-state index contributed by atoms with van der Waals surface area (Å²) in [7, 11) is 0. The summed E-state index contributed by atoms with van der Waals surface area (Å²) in [5, 5.41) is 2.73. The summed E-state index contributed by atoms with van der Waals surface area (Å²) in [6, 6.07) is 5.52. The fourth-order valence-corrected chi connectivity index (χ4v) is 1.67. The smallest absolute Gasteiger partial charge is 0.275 e. The van der Waals surface area contributed by atoms with E-state index in [1.54, 1.807) is 0 Å². The highest BCUT2D eigenvalue weighted by Crippen LogP contribution is 2.17. The number of hydrogen-bond acceptors (Lipinski definition) is 4. The first kappa shape index (κ1) is 14.5. The van der Waals surface area contributed by atoms with E-state index in [-0.39, 0.29) is 17.8 Å². The third-order valence-corrected chi connectivity index (χ3v) is 2.65. The van der Waals surface area contributed by atoms with Gasteiger partial charge in [-0.25, -0.2) is 4.98 Å². The van der Waals surface area contributed by atoms with Gasteiger partial charge in [0.25, 0.3) is 11.5 Å². The van der Waals surface area contributed by atoms with Crippen LogP contribution < -0.4 is 16.6 Å². The molecule has 2 rings (SSSR count). The minimum absolute atomic E-state index is 0.119. The number of carbonyl (C=O) groups excluding carboxylic acids is 1. The van der Waals surface area contributed by atoms with Gasteiger partial charge in [0.05, 0.1) is 18.4 Å². The second-order valence-corrected chi connectivity index (χ2v) is 4.31. The SMILES string of the molecule is Cc1ccc(C#CCN)c(NC(=O)c2c[nH]c(=O)cn2)c1. The maximum absolute atomic E-state index is 12.1. The lowest BCUT2D eigenvalue weighted by atomic mass is 10.1. The molecule has 0 unspecified atom stereocenters. The van der Waals surface area contributed by atoms with Crippen LogP contribution in [0.3, 0.4) is 0 Å². The van der Waals surface area contributed by atoms with Crippen LogP contribution in [-0.2, 0) is 0 Å². The average Bonchev–Trinajstić information content (AvgIpc) is 2.47. The largest absolute Gasteiger partial charge is 0.325 e. The van der Waals surface area contributed by atoms with Crippen molar-refractivity contribution in [2.45, 2.75) is 6.92 Å². The van der Waals surface area contributed by atoms with Gasteiger partial charge < -0.3 is 16.0 Å². The molecule has 0 fully saturated rings. The number of benzene rings is 1. The van der Waals surface area contributed by atoms with E-state index in [1.165, 1.54) is 6.20 Å². The Kier molecular flexibility index (Phi) is 4.49. The van der Waals surface area contributed by atoms with E-state index in [2.05, 4.69) is 27.1 Å². The molecule has 0 aliphatic heterocycles. The summed E-state index contributed by atoms with van der Waals surface area (Å²) < 4.78 is 0. The highest BCUT2D eigenvalue weighted by molar-refractivity contribution is 6.03. The molecule has 106 valence electrons. The Labute approximate surface area is 121 Å². The van der Waals surface area contributed by atoms with E-state index in [1.807, 2.05) is 25.1 Å². The fourth-order valence-electron chi connectivity index (χ4n) is 1.67. The van der Waals surface area contributed by atoms with Gasteiger partial charge in [0, 0.05) is 11.8 Å². The number of H-pyrrole nitrogens is 1. The lowest BCUT2D eigenvalue weighted by Gasteiger charge is -2.08. The molecule has 4 N–H and O–H groups in total. The minimum Gasteiger partial charge on any atom is -0.325 e. The van der Waals surface area contributed by atoms with Gasteiger partial charge in [-0.15, -0.1) is 0 Å². The van der Waals surface area contributed by atoms with Crippen molar-refractivity contribution in [2.24, 2.45) is 5.73 Å². The maximum atomic E-state index is 12.1. The van der Waals surface area contributed by atoms with Crippen LogP contribution in [0.25, 0.3) is 0 Å². The number of hydrogen-bond donors (Lipinski definition) is 3. The molecule has 21 heavy (non-hydrogen) atoms. The van der Waals surface area contributed by atoms with Gasteiger partial charge >= 0.3 is 0 Å². The maximum Gasteiger partial charge on any atom is 0.275 e. The van der Waals surface area contributed by atoms with Gasteiger partial charge in [-0.2, -0.15) is 0 Å². The molecular formula is C15H14N4O2. The Morgan fingerprint density at radius 1 is 1.48 bits per heavy atom. The van der Waals surface area contributed by atoms with E-state index in [4.69, 9.17) is 5.73 Å². The zero-order valence-corrected chi connectivity index (χ0v) is 11.4. The molecule has 6 heteroatoms. The number of anilines is 1. The van der Waals surface area contributed by atoms with E-state index in [9.17, 15) is 9.59 Å². The zero-order valence-electron chi connectivity index (χ0n) is 11.4. The molecule has 0 aliphatic rings. The van der Waals surface area contributed by atoms with Crippen molar-refractivity contribution in [1.29, 1.82) is 0 Å². The van der Waals surface area contributed by atoms with E-state index < -0.39 is 5.91 Å². The first-order chi connectivity index (χ1) is 10.1. The Hall–Kier alpha value is -2.91. The van der Waals surface area contributed by atoms with Crippen molar-refractivity contribution in [3.8, 4) is 11.8 Å². The van der Waals surface area contributed by atoms with Gasteiger partial charge in [-0.05, 0) is 24.6 Å². The van der Waals surface area contributed by atoms with Crippen LogP contribution in [0.4, 0.5) is 5.69 Å². The number of amides is 1. The number of carbonyl (C=O) groups is 1. The van der Waals surface area contributed by atoms with Crippen LogP contribution in [0, 0.1) is 18.8 Å². The third-order valence-electron chi connectivity index (χ3n) is 2.65. The molecular weight excluding hydrogens is 268 g/mol. The van der Waals surface area contributed by atoms with Crippen molar-refractivity contribution in [1.82, 2.24) is 9.97 Å². The average molecular weight is 282 g/mol. The van der Waals surface area contributed by atoms with Crippen LogP contribution in [0.1, 0.15) is 21.6 Å².